The summed E-state index contributed by atoms with van der Waals surface area (Å²) >= 11 is 0. The Labute approximate surface area is 108 Å². The van der Waals surface area contributed by atoms with Crippen LogP contribution in [0.15, 0.2) is 23.4 Å². The minimum absolute atomic E-state index is 0.0797. The van der Waals surface area contributed by atoms with E-state index >= 15 is 0 Å². The second-order valence-electron chi connectivity index (χ2n) is 5.02. The van der Waals surface area contributed by atoms with Gasteiger partial charge in [-0.25, -0.2) is 18.1 Å². The van der Waals surface area contributed by atoms with Gasteiger partial charge in [-0.3, -0.25) is 0 Å². The van der Waals surface area contributed by atoms with Gasteiger partial charge in [0.2, 0.25) is 0 Å². The van der Waals surface area contributed by atoms with Crippen LogP contribution in [0.3, 0.4) is 0 Å². The van der Waals surface area contributed by atoms with Crippen LogP contribution in [0, 0.1) is 5.41 Å². The highest BCUT2D eigenvalue weighted by Gasteiger charge is 2.38. The van der Waals surface area contributed by atoms with Gasteiger partial charge in [-0.2, -0.15) is 0 Å². The molecule has 1 aliphatic carbocycles. The standard InChI is InChI=1S/C12H19N3O2S/c1-3-13-10-5-4-8-14-11(10)18(16,17)15-9-12(2)6-7-12/h4-5,8,13,15H,3,6-7,9H2,1-2H3. The van der Waals surface area contributed by atoms with Crippen LogP contribution in [-0.2, 0) is 10.0 Å². The largest absolute Gasteiger partial charge is 0.383 e. The third kappa shape index (κ3) is 3.00. The highest BCUT2D eigenvalue weighted by molar-refractivity contribution is 7.89. The molecule has 1 aromatic heterocycles. The zero-order valence-electron chi connectivity index (χ0n) is 10.7. The zero-order chi connectivity index (χ0) is 13.2. The maximum Gasteiger partial charge on any atom is 0.260 e. The molecule has 0 aliphatic heterocycles. The Balaban J connectivity index is 2.17. The number of nitrogens with one attached hydrogen (secondary N) is 2. The number of aromatic nitrogens is 1. The van der Waals surface area contributed by atoms with Crippen LogP contribution in [0.2, 0.25) is 0 Å². The van der Waals surface area contributed by atoms with Crippen molar-refractivity contribution in [3.63, 3.8) is 0 Å². The van der Waals surface area contributed by atoms with Crippen LogP contribution in [0.4, 0.5) is 5.69 Å². The van der Waals surface area contributed by atoms with Gasteiger partial charge in [0.1, 0.15) is 0 Å². The van der Waals surface area contributed by atoms with Crippen molar-refractivity contribution in [2.24, 2.45) is 5.41 Å². The van der Waals surface area contributed by atoms with Crippen molar-refractivity contribution in [3.05, 3.63) is 18.3 Å². The average molecular weight is 269 g/mol. The highest BCUT2D eigenvalue weighted by atomic mass is 32.2. The summed E-state index contributed by atoms with van der Waals surface area (Å²) < 4.78 is 27.0. The zero-order valence-corrected chi connectivity index (χ0v) is 11.5. The highest BCUT2D eigenvalue weighted by Crippen LogP contribution is 2.44. The molecule has 1 heterocycles. The molecule has 0 radical (unpaired) electrons. The first kappa shape index (κ1) is 13.3. The second kappa shape index (κ2) is 4.85. The Morgan fingerprint density at radius 2 is 2.17 bits per heavy atom. The van der Waals surface area contributed by atoms with Gasteiger partial charge in [0.25, 0.3) is 10.0 Å². The molecule has 0 aromatic carbocycles. The molecule has 18 heavy (non-hydrogen) atoms. The van der Waals surface area contributed by atoms with E-state index in [0.29, 0.717) is 18.8 Å². The monoisotopic (exact) mass is 269 g/mol. The Kier molecular flexibility index (Phi) is 3.59. The molecular formula is C12H19N3O2S. The molecule has 0 bridgehead atoms. The van der Waals surface area contributed by atoms with Crippen molar-refractivity contribution >= 4 is 15.7 Å². The molecule has 0 unspecified atom stereocenters. The van der Waals surface area contributed by atoms with E-state index in [1.807, 2.05) is 6.92 Å². The molecule has 5 nitrogen and oxygen atoms in total. The number of hydrogen-bond donors (Lipinski definition) is 2. The van der Waals surface area contributed by atoms with Gasteiger partial charge in [0.15, 0.2) is 5.03 Å². The van der Waals surface area contributed by atoms with Crippen LogP contribution in [0.1, 0.15) is 26.7 Å². The molecule has 0 atom stereocenters. The normalized spacial score (nSPS) is 17.4. The molecule has 1 saturated carbocycles. The molecular weight excluding hydrogens is 250 g/mol. The Morgan fingerprint density at radius 1 is 1.44 bits per heavy atom. The SMILES string of the molecule is CCNc1cccnc1S(=O)(=O)NCC1(C)CC1. The molecule has 1 aromatic rings. The maximum absolute atomic E-state index is 12.2. The minimum Gasteiger partial charge on any atom is -0.383 e. The van der Waals surface area contributed by atoms with Crippen LogP contribution in [0.25, 0.3) is 0 Å². The maximum atomic E-state index is 12.2. The van der Waals surface area contributed by atoms with Gasteiger partial charge >= 0.3 is 0 Å². The fourth-order valence-corrected chi connectivity index (χ4v) is 2.96. The molecule has 1 aliphatic rings. The Bertz CT molecular complexity index is 524. The number of pyridine rings is 1. The van der Waals surface area contributed by atoms with E-state index < -0.39 is 10.0 Å². The summed E-state index contributed by atoms with van der Waals surface area (Å²) in [6.07, 6.45) is 3.66. The molecule has 100 valence electrons. The van der Waals surface area contributed by atoms with Gasteiger partial charge in [-0.05, 0) is 37.3 Å². The number of nitrogens with zero attached hydrogens (tertiary/aromatic N) is 1. The van der Waals surface area contributed by atoms with E-state index in [0.717, 1.165) is 12.8 Å². The third-order valence-electron chi connectivity index (χ3n) is 3.19. The summed E-state index contributed by atoms with van der Waals surface area (Å²) in [5, 5.41) is 3.09. The van der Waals surface area contributed by atoms with Crippen molar-refractivity contribution < 1.29 is 8.42 Å². The van der Waals surface area contributed by atoms with Crippen LogP contribution < -0.4 is 10.0 Å². The lowest BCUT2D eigenvalue weighted by molar-refractivity contribution is 0.528. The van der Waals surface area contributed by atoms with Crippen LogP contribution in [-0.4, -0.2) is 26.5 Å². The molecule has 0 spiro atoms. The third-order valence-corrected chi connectivity index (χ3v) is 4.54. The number of sulfonamides is 1. The smallest absolute Gasteiger partial charge is 0.260 e. The lowest BCUT2D eigenvalue weighted by Gasteiger charge is -2.13. The Morgan fingerprint density at radius 3 is 2.78 bits per heavy atom. The van der Waals surface area contributed by atoms with Crippen molar-refractivity contribution in [2.75, 3.05) is 18.4 Å². The lowest BCUT2D eigenvalue weighted by atomic mass is 10.2. The van der Waals surface area contributed by atoms with Gasteiger partial charge < -0.3 is 5.32 Å². The molecule has 0 amide bonds. The van der Waals surface area contributed by atoms with Crippen LogP contribution in [0.5, 0.6) is 0 Å². The summed E-state index contributed by atoms with van der Waals surface area (Å²) in [6, 6.07) is 3.45. The number of rotatable bonds is 6. The summed E-state index contributed by atoms with van der Waals surface area (Å²) in [7, 11) is -3.53. The van der Waals surface area contributed by atoms with Gasteiger partial charge in [-0.1, -0.05) is 6.92 Å². The summed E-state index contributed by atoms with van der Waals surface area (Å²) in [5.74, 6) is 0. The fraction of sp³-hybridized carbons (Fsp3) is 0.583. The summed E-state index contributed by atoms with van der Waals surface area (Å²) in [4.78, 5) is 3.98. The summed E-state index contributed by atoms with van der Waals surface area (Å²) in [6.45, 7) is 5.14. The van der Waals surface area contributed by atoms with E-state index in [2.05, 4.69) is 21.9 Å². The average Bonchev–Trinajstić information content (AvgIpc) is 3.07. The number of anilines is 1. The van der Waals surface area contributed by atoms with E-state index in [4.69, 9.17) is 0 Å². The van der Waals surface area contributed by atoms with E-state index in [-0.39, 0.29) is 10.4 Å². The number of hydrogen-bond acceptors (Lipinski definition) is 4. The molecule has 2 rings (SSSR count). The predicted molar refractivity (Wildman–Crippen MR) is 70.9 cm³/mol. The van der Waals surface area contributed by atoms with E-state index in [1.54, 1.807) is 12.1 Å². The predicted octanol–water partition coefficient (Wildman–Crippen LogP) is 1.59. The first-order valence-electron chi connectivity index (χ1n) is 6.15. The van der Waals surface area contributed by atoms with Crippen molar-refractivity contribution in [1.82, 2.24) is 9.71 Å². The fourth-order valence-electron chi connectivity index (χ4n) is 1.66. The Hall–Kier alpha value is -1.14. The van der Waals surface area contributed by atoms with E-state index in [1.165, 1.54) is 6.20 Å². The first-order valence-corrected chi connectivity index (χ1v) is 7.64. The molecule has 1 fully saturated rings. The second-order valence-corrected chi connectivity index (χ2v) is 6.70. The van der Waals surface area contributed by atoms with E-state index in [9.17, 15) is 8.42 Å². The molecule has 0 saturated heterocycles. The van der Waals surface area contributed by atoms with Crippen LogP contribution >= 0.6 is 0 Å². The molecule has 2 N–H and O–H groups in total. The molecule has 6 heteroatoms. The first-order chi connectivity index (χ1) is 8.47. The quantitative estimate of drug-likeness (QED) is 0.822. The summed E-state index contributed by atoms with van der Waals surface area (Å²) in [5.41, 5.74) is 0.689. The minimum atomic E-state index is -3.53. The topological polar surface area (TPSA) is 71.1 Å². The van der Waals surface area contributed by atoms with Gasteiger partial charge in [0.05, 0.1) is 5.69 Å². The van der Waals surface area contributed by atoms with Crippen molar-refractivity contribution in [1.29, 1.82) is 0 Å². The van der Waals surface area contributed by atoms with Crippen molar-refractivity contribution in [2.45, 2.75) is 31.7 Å². The van der Waals surface area contributed by atoms with Gasteiger partial charge in [0, 0.05) is 19.3 Å². The van der Waals surface area contributed by atoms with Gasteiger partial charge in [-0.15, -0.1) is 0 Å². The van der Waals surface area contributed by atoms with Crippen molar-refractivity contribution in [3.8, 4) is 0 Å². The lowest BCUT2D eigenvalue weighted by Crippen LogP contribution is -2.30.